The Labute approximate surface area is 174 Å². The molecule has 0 aliphatic heterocycles. The molecular formula is C21H25N5O2S. The highest BCUT2D eigenvalue weighted by atomic mass is 32.2. The van der Waals surface area contributed by atoms with Crippen molar-refractivity contribution in [3.05, 3.63) is 60.2 Å². The highest BCUT2D eigenvalue weighted by molar-refractivity contribution is 8.00. The lowest BCUT2D eigenvalue weighted by atomic mass is 9.96. The van der Waals surface area contributed by atoms with Gasteiger partial charge in [-0.05, 0) is 53.6 Å². The number of tetrazole rings is 1. The van der Waals surface area contributed by atoms with E-state index in [4.69, 9.17) is 4.74 Å². The van der Waals surface area contributed by atoms with Crippen molar-refractivity contribution in [3.63, 3.8) is 0 Å². The van der Waals surface area contributed by atoms with Crippen molar-refractivity contribution in [2.45, 2.75) is 36.6 Å². The highest BCUT2D eigenvalue weighted by Gasteiger charge is 2.20. The first-order chi connectivity index (χ1) is 14.1. The molecule has 0 aliphatic carbocycles. The predicted octanol–water partition coefficient (Wildman–Crippen LogP) is 3.46. The normalized spacial score (nSPS) is 12.9. The minimum Gasteiger partial charge on any atom is -0.497 e. The number of hydrogen-bond donors (Lipinski definition) is 1. The molecule has 29 heavy (non-hydrogen) atoms. The Kier molecular flexibility index (Phi) is 7.24. The number of amides is 1. The molecule has 0 unspecified atom stereocenters. The molecule has 152 valence electrons. The third-order valence-electron chi connectivity index (χ3n) is 4.70. The molecule has 8 heteroatoms. The number of thioether (sulfide) groups is 1. The summed E-state index contributed by atoms with van der Waals surface area (Å²) in [7, 11) is 1.62. The van der Waals surface area contributed by atoms with Crippen LogP contribution in [0.4, 0.5) is 0 Å². The van der Waals surface area contributed by atoms with E-state index in [0.29, 0.717) is 17.6 Å². The number of ether oxygens (including phenoxy) is 1. The van der Waals surface area contributed by atoms with Gasteiger partial charge in [0, 0.05) is 12.5 Å². The highest BCUT2D eigenvalue weighted by Crippen LogP contribution is 2.24. The zero-order valence-electron chi connectivity index (χ0n) is 16.8. The van der Waals surface area contributed by atoms with Gasteiger partial charge in [0.15, 0.2) is 0 Å². The summed E-state index contributed by atoms with van der Waals surface area (Å²) in [5.41, 5.74) is 2.04. The van der Waals surface area contributed by atoms with Crippen LogP contribution >= 0.6 is 11.8 Å². The first kappa shape index (κ1) is 20.9. The van der Waals surface area contributed by atoms with Crippen LogP contribution in [0.1, 0.15) is 31.7 Å². The molecule has 0 aliphatic rings. The number of benzene rings is 2. The van der Waals surface area contributed by atoms with Crippen LogP contribution in [-0.4, -0.2) is 45.0 Å². The maximum atomic E-state index is 12.6. The maximum Gasteiger partial charge on any atom is 0.233 e. The van der Waals surface area contributed by atoms with Gasteiger partial charge in [-0.3, -0.25) is 4.79 Å². The molecule has 1 amide bonds. The maximum absolute atomic E-state index is 12.6. The standard InChI is InChI=1S/C21H25N5O2S/c1-4-16(17-8-6-5-7-9-17)14-22-20(27)15(2)29-21-23-24-25-26(21)18-10-12-19(28-3)13-11-18/h5-13,15-16H,4,14H2,1-3H3,(H,22,27)/t15-,16-/m0/s1. The van der Waals surface area contributed by atoms with Gasteiger partial charge in [-0.25, -0.2) is 0 Å². The lowest BCUT2D eigenvalue weighted by molar-refractivity contribution is -0.120. The molecule has 0 saturated heterocycles. The summed E-state index contributed by atoms with van der Waals surface area (Å²) in [6, 6.07) is 17.7. The zero-order chi connectivity index (χ0) is 20.6. The summed E-state index contributed by atoms with van der Waals surface area (Å²) in [5, 5.41) is 15.2. The Morgan fingerprint density at radius 2 is 1.90 bits per heavy atom. The van der Waals surface area contributed by atoms with E-state index in [2.05, 4.69) is 39.9 Å². The molecule has 1 heterocycles. The van der Waals surface area contributed by atoms with E-state index in [1.807, 2.05) is 49.4 Å². The molecule has 0 saturated carbocycles. The molecule has 1 aromatic heterocycles. The van der Waals surface area contributed by atoms with E-state index in [1.54, 1.807) is 11.8 Å². The van der Waals surface area contributed by atoms with Gasteiger partial charge >= 0.3 is 0 Å². The van der Waals surface area contributed by atoms with Gasteiger partial charge in [-0.2, -0.15) is 4.68 Å². The molecule has 2 aromatic carbocycles. The Morgan fingerprint density at radius 3 is 2.55 bits per heavy atom. The van der Waals surface area contributed by atoms with E-state index in [0.717, 1.165) is 17.9 Å². The van der Waals surface area contributed by atoms with Crippen molar-refractivity contribution < 1.29 is 9.53 Å². The summed E-state index contributed by atoms with van der Waals surface area (Å²) < 4.78 is 6.80. The number of nitrogens with one attached hydrogen (secondary N) is 1. The zero-order valence-corrected chi connectivity index (χ0v) is 17.6. The van der Waals surface area contributed by atoms with Gasteiger partial charge in [-0.15, -0.1) is 5.10 Å². The van der Waals surface area contributed by atoms with Crippen molar-refractivity contribution in [1.29, 1.82) is 0 Å². The summed E-state index contributed by atoms with van der Waals surface area (Å²) in [6.07, 6.45) is 0.960. The fourth-order valence-electron chi connectivity index (χ4n) is 2.94. The molecule has 1 N–H and O–H groups in total. The van der Waals surface area contributed by atoms with Crippen LogP contribution < -0.4 is 10.1 Å². The Bertz CT molecular complexity index is 914. The quantitative estimate of drug-likeness (QED) is 0.543. The molecule has 0 bridgehead atoms. The van der Waals surface area contributed by atoms with Crippen molar-refractivity contribution in [3.8, 4) is 11.4 Å². The van der Waals surface area contributed by atoms with Gasteiger partial charge in [0.2, 0.25) is 11.1 Å². The molecule has 2 atom stereocenters. The van der Waals surface area contributed by atoms with Crippen LogP contribution in [0.25, 0.3) is 5.69 Å². The second-order valence-electron chi connectivity index (χ2n) is 6.59. The molecule has 3 aromatic rings. The van der Waals surface area contributed by atoms with Crippen LogP contribution in [0, 0.1) is 0 Å². The van der Waals surface area contributed by atoms with Gasteiger partial charge in [-0.1, -0.05) is 49.0 Å². The molecule has 3 rings (SSSR count). The van der Waals surface area contributed by atoms with Gasteiger partial charge < -0.3 is 10.1 Å². The monoisotopic (exact) mass is 411 g/mol. The average molecular weight is 412 g/mol. The predicted molar refractivity (Wildman–Crippen MR) is 114 cm³/mol. The lowest BCUT2D eigenvalue weighted by Gasteiger charge is -2.18. The second-order valence-corrected chi connectivity index (χ2v) is 7.90. The summed E-state index contributed by atoms with van der Waals surface area (Å²) in [5.74, 6) is 1.02. The van der Waals surface area contributed by atoms with Crippen LogP contribution in [0.2, 0.25) is 0 Å². The summed E-state index contributed by atoms with van der Waals surface area (Å²) >= 11 is 1.33. The fourth-order valence-corrected chi connectivity index (χ4v) is 3.77. The van der Waals surface area contributed by atoms with Crippen molar-refractivity contribution in [2.75, 3.05) is 13.7 Å². The smallest absolute Gasteiger partial charge is 0.233 e. The third kappa shape index (κ3) is 5.35. The number of aromatic nitrogens is 4. The molecule has 0 spiro atoms. The minimum absolute atomic E-state index is 0.0336. The number of nitrogens with zero attached hydrogens (tertiary/aromatic N) is 4. The number of carbonyl (C=O) groups excluding carboxylic acids is 1. The van der Waals surface area contributed by atoms with Gasteiger partial charge in [0.1, 0.15) is 5.75 Å². The molecule has 0 fully saturated rings. The number of hydrogen-bond acceptors (Lipinski definition) is 6. The van der Waals surface area contributed by atoms with Crippen molar-refractivity contribution >= 4 is 17.7 Å². The second kappa shape index (κ2) is 10.1. The molecule has 0 radical (unpaired) electrons. The average Bonchev–Trinajstić information content (AvgIpc) is 3.22. The largest absolute Gasteiger partial charge is 0.497 e. The minimum atomic E-state index is -0.328. The molecular weight excluding hydrogens is 386 g/mol. The first-order valence-electron chi connectivity index (χ1n) is 9.54. The van der Waals surface area contributed by atoms with E-state index in [-0.39, 0.29) is 11.2 Å². The fraction of sp³-hybridized carbons (Fsp3) is 0.333. The Hall–Kier alpha value is -2.87. The van der Waals surface area contributed by atoms with E-state index in [9.17, 15) is 4.79 Å². The Balaban J connectivity index is 1.61. The van der Waals surface area contributed by atoms with E-state index < -0.39 is 0 Å². The summed E-state index contributed by atoms with van der Waals surface area (Å²) in [4.78, 5) is 12.6. The SMILES string of the molecule is CC[C@@H](CNC(=O)[C@H](C)Sc1nnnn1-c1ccc(OC)cc1)c1ccccc1. The molecule has 7 nitrogen and oxygen atoms in total. The number of rotatable bonds is 9. The number of carbonyl (C=O) groups is 1. The third-order valence-corrected chi connectivity index (χ3v) is 5.73. The topological polar surface area (TPSA) is 81.9 Å². The van der Waals surface area contributed by atoms with Crippen molar-refractivity contribution in [2.24, 2.45) is 0 Å². The summed E-state index contributed by atoms with van der Waals surface area (Å²) in [6.45, 7) is 4.59. The van der Waals surface area contributed by atoms with E-state index >= 15 is 0 Å². The van der Waals surface area contributed by atoms with Gasteiger partial charge in [0.05, 0.1) is 18.0 Å². The first-order valence-corrected chi connectivity index (χ1v) is 10.4. The number of methoxy groups -OCH3 is 1. The van der Waals surface area contributed by atoms with Crippen LogP contribution in [-0.2, 0) is 4.79 Å². The van der Waals surface area contributed by atoms with Crippen LogP contribution in [0.15, 0.2) is 59.8 Å². The van der Waals surface area contributed by atoms with Gasteiger partial charge in [0.25, 0.3) is 0 Å². The van der Waals surface area contributed by atoms with Crippen LogP contribution in [0.5, 0.6) is 5.75 Å². The van der Waals surface area contributed by atoms with E-state index in [1.165, 1.54) is 17.3 Å². The van der Waals surface area contributed by atoms with Crippen LogP contribution in [0.3, 0.4) is 0 Å². The van der Waals surface area contributed by atoms with Crippen molar-refractivity contribution in [1.82, 2.24) is 25.5 Å². The Morgan fingerprint density at radius 1 is 1.17 bits per heavy atom. The lowest BCUT2D eigenvalue weighted by Crippen LogP contribution is -2.34.